The first-order valence-electron chi connectivity index (χ1n) is 8.44. The predicted octanol–water partition coefficient (Wildman–Crippen LogP) is 3.87. The summed E-state index contributed by atoms with van der Waals surface area (Å²) in [6.07, 6.45) is 2.36. The molecule has 25 heavy (non-hydrogen) atoms. The molecule has 0 bridgehead atoms. The number of esters is 1. The summed E-state index contributed by atoms with van der Waals surface area (Å²) in [6.45, 7) is 1.95. The Morgan fingerprint density at radius 3 is 2.80 bits per heavy atom. The van der Waals surface area contributed by atoms with E-state index in [1.54, 1.807) is 12.1 Å². The Morgan fingerprint density at radius 1 is 1.28 bits per heavy atom. The van der Waals surface area contributed by atoms with Crippen molar-refractivity contribution in [2.75, 3.05) is 0 Å². The largest absolute Gasteiger partial charge is 0.452 e. The van der Waals surface area contributed by atoms with Gasteiger partial charge in [-0.3, -0.25) is 4.79 Å². The molecule has 0 spiro atoms. The maximum Gasteiger partial charge on any atom is 0.337 e. The number of nitrogens with one attached hydrogen (secondary N) is 1. The first-order valence-corrected chi connectivity index (χ1v) is 9.23. The number of halogens is 2. The predicted molar refractivity (Wildman–Crippen MR) is 93.1 cm³/mol. The number of carbonyl (C=O) groups is 2. The number of hydrogen-bond donors (Lipinski definition) is 1. The number of cyclic esters (lactones) is 1. The topological polar surface area (TPSA) is 55.4 Å². The fourth-order valence-electron chi connectivity index (χ4n) is 3.90. The van der Waals surface area contributed by atoms with Gasteiger partial charge in [-0.25, -0.2) is 9.18 Å². The van der Waals surface area contributed by atoms with Crippen molar-refractivity contribution in [1.82, 2.24) is 5.32 Å². The Balaban J connectivity index is 1.92. The fourth-order valence-corrected chi connectivity index (χ4v) is 4.30. The molecule has 1 aromatic rings. The van der Waals surface area contributed by atoms with E-state index in [2.05, 4.69) is 21.2 Å². The van der Waals surface area contributed by atoms with Gasteiger partial charge in [0.05, 0.1) is 15.7 Å². The van der Waals surface area contributed by atoms with Gasteiger partial charge in [-0.1, -0.05) is 13.0 Å². The summed E-state index contributed by atoms with van der Waals surface area (Å²) >= 11 is 3.21. The second kappa shape index (κ2) is 6.09. The van der Waals surface area contributed by atoms with Gasteiger partial charge in [-0.15, -0.1) is 0 Å². The third-order valence-electron chi connectivity index (χ3n) is 5.05. The standard InChI is InChI=1S/C19H17BrFNO3/c1-2-14-18-17(19(24)25-14)15(9-6-7-11(21)10(20)8-9)16-12(22-18)4-3-5-13(16)23/h6-8,14-15,22H,2-5H2,1H3/t14-,15+/m0/s1. The van der Waals surface area contributed by atoms with Crippen LogP contribution in [0.4, 0.5) is 4.39 Å². The normalized spacial score (nSPS) is 25.6. The molecule has 0 saturated carbocycles. The van der Waals surface area contributed by atoms with Gasteiger partial charge in [-0.2, -0.15) is 0 Å². The summed E-state index contributed by atoms with van der Waals surface area (Å²) in [7, 11) is 0. The van der Waals surface area contributed by atoms with Crippen LogP contribution < -0.4 is 5.32 Å². The highest BCUT2D eigenvalue weighted by Gasteiger charge is 2.45. The molecule has 2 atom stereocenters. The van der Waals surface area contributed by atoms with Crippen LogP contribution in [0.25, 0.3) is 0 Å². The number of ether oxygens (including phenoxy) is 1. The van der Waals surface area contributed by atoms with Crippen LogP contribution in [0, 0.1) is 5.82 Å². The molecule has 0 amide bonds. The van der Waals surface area contributed by atoms with Gasteiger partial charge >= 0.3 is 5.97 Å². The van der Waals surface area contributed by atoms with Crippen LogP contribution in [-0.4, -0.2) is 17.9 Å². The lowest BCUT2D eigenvalue weighted by Crippen LogP contribution is -2.34. The number of benzene rings is 1. The third-order valence-corrected chi connectivity index (χ3v) is 5.66. The Hall–Kier alpha value is -1.95. The number of allylic oxidation sites excluding steroid dienone is 2. The minimum atomic E-state index is -0.500. The Kier molecular flexibility index (Phi) is 4.02. The van der Waals surface area contributed by atoms with E-state index in [0.29, 0.717) is 28.5 Å². The molecule has 0 saturated heterocycles. The first kappa shape index (κ1) is 16.5. The smallest absolute Gasteiger partial charge is 0.337 e. The molecule has 1 aromatic carbocycles. The summed E-state index contributed by atoms with van der Waals surface area (Å²) in [6, 6.07) is 4.64. The van der Waals surface area contributed by atoms with Gasteiger partial charge in [0.2, 0.25) is 0 Å². The van der Waals surface area contributed by atoms with E-state index < -0.39 is 11.9 Å². The van der Waals surface area contributed by atoms with Crippen LogP contribution >= 0.6 is 15.9 Å². The molecule has 6 heteroatoms. The SMILES string of the molecule is CC[C@@H]1OC(=O)C2=C1NC1=C(C(=O)CCC1)[C@H]2c1ccc(F)c(Br)c1. The zero-order valence-corrected chi connectivity index (χ0v) is 15.3. The maximum absolute atomic E-state index is 13.7. The van der Waals surface area contributed by atoms with E-state index in [0.717, 1.165) is 29.8 Å². The van der Waals surface area contributed by atoms with Crippen molar-refractivity contribution in [3.05, 3.63) is 56.6 Å². The number of hydrogen-bond acceptors (Lipinski definition) is 4. The average Bonchev–Trinajstić information content (AvgIpc) is 2.92. The van der Waals surface area contributed by atoms with Gasteiger partial charge in [0.1, 0.15) is 11.9 Å². The monoisotopic (exact) mass is 405 g/mol. The van der Waals surface area contributed by atoms with E-state index in [9.17, 15) is 14.0 Å². The van der Waals surface area contributed by atoms with Crippen LogP contribution in [0.3, 0.4) is 0 Å². The first-order chi connectivity index (χ1) is 12.0. The van der Waals surface area contributed by atoms with Gasteiger partial charge < -0.3 is 10.1 Å². The summed E-state index contributed by atoms with van der Waals surface area (Å²) in [5.74, 6) is -1.24. The van der Waals surface area contributed by atoms with Gasteiger partial charge in [0.15, 0.2) is 5.78 Å². The lowest BCUT2D eigenvalue weighted by atomic mass is 9.75. The summed E-state index contributed by atoms with van der Waals surface area (Å²) in [5.41, 5.74) is 3.46. The van der Waals surface area contributed by atoms with Crippen LogP contribution in [0.1, 0.15) is 44.1 Å². The van der Waals surface area contributed by atoms with Crippen molar-refractivity contribution in [2.45, 2.75) is 44.6 Å². The summed E-state index contributed by atoms with van der Waals surface area (Å²) in [4.78, 5) is 25.2. The van der Waals surface area contributed by atoms with Gasteiger partial charge in [0, 0.05) is 23.6 Å². The molecule has 4 nitrogen and oxygen atoms in total. The second-order valence-corrected chi connectivity index (χ2v) is 7.38. The third kappa shape index (κ3) is 2.54. The van der Waals surface area contributed by atoms with E-state index in [4.69, 9.17) is 4.74 Å². The molecular formula is C19H17BrFNO3. The highest BCUT2D eigenvalue weighted by Crippen LogP contribution is 2.46. The number of dihydropyridines is 1. The number of Topliss-reactive ketones (excluding diaryl/α,β-unsaturated/α-hetero) is 1. The molecule has 2 aliphatic heterocycles. The minimum absolute atomic E-state index is 0.0403. The molecule has 130 valence electrons. The van der Waals surface area contributed by atoms with Gasteiger partial charge in [0.25, 0.3) is 0 Å². The van der Waals surface area contributed by atoms with Crippen molar-refractivity contribution in [3.63, 3.8) is 0 Å². The Bertz CT molecular complexity index is 858. The molecular weight excluding hydrogens is 389 g/mol. The molecule has 1 N–H and O–H groups in total. The Labute approximate surface area is 153 Å². The second-order valence-electron chi connectivity index (χ2n) is 6.53. The Morgan fingerprint density at radius 2 is 2.08 bits per heavy atom. The van der Waals surface area contributed by atoms with Gasteiger partial charge in [-0.05, 0) is 52.9 Å². The van der Waals surface area contributed by atoms with Crippen LogP contribution in [0.2, 0.25) is 0 Å². The number of ketones is 1. The average molecular weight is 406 g/mol. The van der Waals surface area contributed by atoms with E-state index in [1.165, 1.54) is 6.07 Å². The molecule has 0 radical (unpaired) electrons. The van der Waals surface area contributed by atoms with Crippen molar-refractivity contribution < 1.29 is 18.7 Å². The van der Waals surface area contributed by atoms with Crippen molar-refractivity contribution in [2.24, 2.45) is 0 Å². The fraction of sp³-hybridized carbons (Fsp3) is 0.368. The van der Waals surface area contributed by atoms with Crippen molar-refractivity contribution >= 4 is 27.7 Å². The molecule has 1 aliphatic carbocycles. The van der Waals surface area contributed by atoms with E-state index in [1.807, 2.05) is 6.92 Å². The molecule has 0 fully saturated rings. The molecule has 4 rings (SSSR count). The van der Waals surface area contributed by atoms with E-state index in [-0.39, 0.29) is 17.7 Å². The van der Waals surface area contributed by atoms with E-state index >= 15 is 0 Å². The molecule has 3 aliphatic rings. The zero-order chi connectivity index (χ0) is 17.7. The summed E-state index contributed by atoms with van der Waals surface area (Å²) in [5, 5.41) is 3.31. The molecule has 0 aromatic heterocycles. The van der Waals surface area contributed by atoms with Crippen LogP contribution in [0.5, 0.6) is 0 Å². The lowest BCUT2D eigenvalue weighted by molar-refractivity contribution is -0.140. The highest BCUT2D eigenvalue weighted by molar-refractivity contribution is 9.10. The van der Waals surface area contributed by atoms with Crippen molar-refractivity contribution in [3.8, 4) is 0 Å². The highest BCUT2D eigenvalue weighted by atomic mass is 79.9. The molecule has 2 heterocycles. The van der Waals surface area contributed by atoms with Crippen LogP contribution in [0.15, 0.2) is 45.2 Å². The zero-order valence-electron chi connectivity index (χ0n) is 13.7. The minimum Gasteiger partial charge on any atom is -0.452 e. The summed E-state index contributed by atoms with van der Waals surface area (Å²) < 4.78 is 19.5. The van der Waals surface area contributed by atoms with Crippen molar-refractivity contribution in [1.29, 1.82) is 0 Å². The molecule has 0 unspecified atom stereocenters. The lowest BCUT2D eigenvalue weighted by Gasteiger charge is -2.32. The quantitative estimate of drug-likeness (QED) is 0.758. The van der Waals surface area contributed by atoms with Crippen LogP contribution in [-0.2, 0) is 14.3 Å². The number of rotatable bonds is 2. The maximum atomic E-state index is 13.7. The number of carbonyl (C=O) groups excluding carboxylic acids is 2.